The highest BCUT2D eigenvalue weighted by Crippen LogP contribution is 2.30. The van der Waals surface area contributed by atoms with Gasteiger partial charge in [-0.3, -0.25) is 0 Å². The molecule has 0 saturated heterocycles. The molecule has 0 aromatic heterocycles. The molecule has 6 heteroatoms. The average Bonchev–Trinajstić information content (AvgIpc) is 2.40. The molecule has 0 bridgehead atoms. The summed E-state index contributed by atoms with van der Waals surface area (Å²) in [6.45, 7) is 0.0442. The second-order valence-electron chi connectivity index (χ2n) is 4.17. The van der Waals surface area contributed by atoms with Crippen molar-refractivity contribution in [3.8, 4) is 5.75 Å². The van der Waals surface area contributed by atoms with E-state index in [1.54, 1.807) is 6.07 Å². The van der Waals surface area contributed by atoms with Crippen LogP contribution < -0.4 is 10.5 Å². The standard InChI is InChI=1S/C14H11F4NO/c15-12-7-9(1-6-13(12)19)8-20-11-4-2-10(3-5-11)14(16,17)18/h1-7H,8,19H2. The molecule has 2 nitrogen and oxygen atoms in total. The van der Waals surface area contributed by atoms with E-state index in [2.05, 4.69) is 0 Å². The average molecular weight is 285 g/mol. The summed E-state index contributed by atoms with van der Waals surface area (Å²) in [6.07, 6.45) is -4.38. The van der Waals surface area contributed by atoms with Crippen molar-refractivity contribution in [2.45, 2.75) is 12.8 Å². The normalized spacial score (nSPS) is 11.4. The van der Waals surface area contributed by atoms with Crippen LogP contribution in [0.5, 0.6) is 5.75 Å². The molecular weight excluding hydrogens is 274 g/mol. The van der Waals surface area contributed by atoms with E-state index in [0.717, 1.165) is 12.1 Å². The predicted octanol–water partition coefficient (Wildman–Crippen LogP) is 4.01. The first-order valence-corrected chi connectivity index (χ1v) is 5.70. The second kappa shape index (κ2) is 5.40. The SMILES string of the molecule is Nc1ccc(COc2ccc(C(F)(F)F)cc2)cc1F. The van der Waals surface area contributed by atoms with Gasteiger partial charge in [0.2, 0.25) is 0 Å². The number of ether oxygens (including phenoxy) is 1. The topological polar surface area (TPSA) is 35.2 Å². The summed E-state index contributed by atoms with van der Waals surface area (Å²) in [7, 11) is 0. The van der Waals surface area contributed by atoms with Gasteiger partial charge in [-0.1, -0.05) is 6.07 Å². The Hall–Kier alpha value is -2.24. The number of rotatable bonds is 3. The molecule has 0 aliphatic rings. The molecule has 2 aromatic carbocycles. The van der Waals surface area contributed by atoms with Crippen LogP contribution >= 0.6 is 0 Å². The zero-order valence-electron chi connectivity index (χ0n) is 10.2. The molecule has 0 heterocycles. The van der Waals surface area contributed by atoms with Crippen molar-refractivity contribution in [2.24, 2.45) is 0 Å². The van der Waals surface area contributed by atoms with Gasteiger partial charge in [-0.2, -0.15) is 13.2 Å². The molecule has 0 atom stereocenters. The van der Waals surface area contributed by atoms with Crippen molar-refractivity contribution in [1.29, 1.82) is 0 Å². The van der Waals surface area contributed by atoms with E-state index in [1.165, 1.54) is 24.3 Å². The van der Waals surface area contributed by atoms with Gasteiger partial charge in [-0.15, -0.1) is 0 Å². The quantitative estimate of drug-likeness (QED) is 0.683. The summed E-state index contributed by atoms with van der Waals surface area (Å²) in [5, 5.41) is 0. The van der Waals surface area contributed by atoms with Crippen LogP contribution in [0.4, 0.5) is 23.2 Å². The summed E-state index contributed by atoms with van der Waals surface area (Å²) < 4.78 is 55.5. The van der Waals surface area contributed by atoms with Crippen molar-refractivity contribution in [2.75, 3.05) is 5.73 Å². The van der Waals surface area contributed by atoms with Crippen molar-refractivity contribution in [3.63, 3.8) is 0 Å². The van der Waals surface area contributed by atoms with Crippen LogP contribution in [0.3, 0.4) is 0 Å². The summed E-state index contributed by atoms with van der Waals surface area (Å²) in [4.78, 5) is 0. The van der Waals surface area contributed by atoms with E-state index in [-0.39, 0.29) is 18.0 Å². The van der Waals surface area contributed by atoms with E-state index in [9.17, 15) is 17.6 Å². The Morgan fingerprint density at radius 1 is 1.00 bits per heavy atom. The molecule has 2 N–H and O–H groups in total. The van der Waals surface area contributed by atoms with E-state index >= 15 is 0 Å². The number of benzene rings is 2. The first-order valence-electron chi connectivity index (χ1n) is 5.70. The van der Waals surface area contributed by atoms with Crippen LogP contribution in [-0.2, 0) is 12.8 Å². The number of hydrogen-bond acceptors (Lipinski definition) is 2. The third kappa shape index (κ3) is 3.40. The summed E-state index contributed by atoms with van der Waals surface area (Å²) in [6, 6.07) is 8.51. The highest BCUT2D eigenvalue weighted by molar-refractivity contribution is 5.41. The lowest BCUT2D eigenvalue weighted by Crippen LogP contribution is -2.04. The lowest BCUT2D eigenvalue weighted by molar-refractivity contribution is -0.137. The van der Waals surface area contributed by atoms with Crippen LogP contribution in [0.25, 0.3) is 0 Å². The Bertz CT molecular complexity index is 593. The number of hydrogen-bond donors (Lipinski definition) is 1. The molecular formula is C14H11F4NO. The smallest absolute Gasteiger partial charge is 0.416 e. The third-order valence-electron chi connectivity index (χ3n) is 2.65. The third-order valence-corrected chi connectivity index (χ3v) is 2.65. The van der Waals surface area contributed by atoms with Crippen molar-refractivity contribution in [3.05, 3.63) is 59.4 Å². The first-order chi connectivity index (χ1) is 9.36. The maximum absolute atomic E-state index is 13.2. The molecule has 0 spiro atoms. The largest absolute Gasteiger partial charge is 0.489 e. The monoisotopic (exact) mass is 285 g/mol. The van der Waals surface area contributed by atoms with Gasteiger partial charge < -0.3 is 10.5 Å². The van der Waals surface area contributed by atoms with Gasteiger partial charge >= 0.3 is 6.18 Å². The second-order valence-corrected chi connectivity index (χ2v) is 4.17. The van der Waals surface area contributed by atoms with Gasteiger partial charge in [0.25, 0.3) is 0 Å². The first kappa shape index (κ1) is 14.2. The Morgan fingerprint density at radius 2 is 1.65 bits per heavy atom. The molecule has 0 saturated carbocycles. The molecule has 0 unspecified atom stereocenters. The van der Waals surface area contributed by atoms with Gasteiger partial charge in [-0.25, -0.2) is 4.39 Å². The highest BCUT2D eigenvalue weighted by Gasteiger charge is 2.29. The maximum Gasteiger partial charge on any atom is 0.416 e. The van der Waals surface area contributed by atoms with Gasteiger partial charge in [0.05, 0.1) is 11.3 Å². The molecule has 0 radical (unpaired) electrons. The molecule has 106 valence electrons. The van der Waals surface area contributed by atoms with Crippen molar-refractivity contribution < 1.29 is 22.3 Å². The van der Waals surface area contributed by atoms with Gasteiger partial charge in [0, 0.05) is 0 Å². The van der Waals surface area contributed by atoms with Crippen LogP contribution in [0.2, 0.25) is 0 Å². The number of alkyl halides is 3. The zero-order chi connectivity index (χ0) is 14.8. The van der Waals surface area contributed by atoms with Gasteiger partial charge in [0.15, 0.2) is 0 Å². The Kier molecular flexibility index (Phi) is 3.83. The minimum Gasteiger partial charge on any atom is -0.489 e. The van der Waals surface area contributed by atoms with E-state index < -0.39 is 17.6 Å². The summed E-state index contributed by atoms with van der Waals surface area (Å²) in [5.74, 6) is -0.284. The number of anilines is 1. The highest BCUT2D eigenvalue weighted by atomic mass is 19.4. The fourth-order valence-electron chi connectivity index (χ4n) is 1.57. The van der Waals surface area contributed by atoms with Crippen LogP contribution in [-0.4, -0.2) is 0 Å². The molecule has 20 heavy (non-hydrogen) atoms. The molecule has 0 aliphatic carbocycles. The molecule has 0 amide bonds. The molecule has 2 aromatic rings. The van der Waals surface area contributed by atoms with Crippen LogP contribution in [0.1, 0.15) is 11.1 Å². The summed E-state index contributed by atoms with van der Waals surface area (Å²) >= 11 is 0. The van der Waals surface area contributed by atoms with E-state index in [4.69, 9.17) is 10.5 Å². The Labute approximate surface area is 112 Å². The lowest BCUT2D eigenvalue weighted by atomic mass is 10.2. The predicted molar refractivity (Wildman–Crippen MR) is 66.6 cm³/mol. The summed E-state index contributed by atoms with van der Waals surface area (Å²) in [5.41, 5.74) is 5.15. The van der Waals surface area contributed by atoms with E-state index in [1.807, 2.05) is 0 Å². The van der Waals surface area contributed by atoms with Crippen molar-refractivity contribution in [1.82, 2.24) is 0 Å². The van der Waals surface area contributed by atoms with E-state index in [0.29, 0.717) is 5.56 Å². The Balaban J connectivity index is 2.02. The van der Waals surface area contributed by atoms with Crippen molar-refractivity contribution >= 4 is 5.69 Å². The lowest BCUT2D eigenvalue weighted by Gasteiger charge is -2.09. The minimum absolute atomic E-state index is 0.0308. The minimum atomic E-state index is -4.38. The van der Waals surface area contributed by atoms with Crippen LogP contribution in [0, 0.1) is 5.82 Å². The number of nitrogens with two attached hydrogens (primary N) is 1. The zero-order valence-corrected chi connectivity index (χ0v) is 10.2. The molecule has 2 rings (SSSR count). The fraction of sp³-hybridized carbons (Fsp3) is 0.143. The number of halogens is 4. The van der Waals surface area contributed by atoms with Gasteiger partial charge in [-0.05, 0) is 42.0 Å². The molecule has 0 fully saturated rings. The fourth-order valence-corrected chi connectivity index (χ4v) is 1.57. The van der Waals surface area contributed by atoms with Gasteiger partial charge in [0.1, 0.15) is 18.2 Å². The van der Waals surface area contributed by atoms with Crippen LogP contribution in [0.15, 0.2) is 42.5 Å². The maximum atomic E-state index is 13.2. The molecule has 0 aliphatic heterocycles. The number of nitrogen functional groups attached to an aromatic ring is 1. The Morgan fingerprint density at radius 3 is 2.20 bits per heavy atom.